The first kappa shape index (κ1) is 24.3. The average molecular weight is 443 g/mol. The largest absolute Gasteiger partial charge is 0.463 e. The van der Waals surface area contributed by atoms with Crippen molar-refractivity contribution < 1.29 is 9.53 Å². The number of rotatable bonds is 6. The Kier molecular flexibility index (Phi) is 6.92. The molecule has 0 aromatic heterocycles. The van der Waals surface area contributed by atoms with Gasteiger partial charge in [0.25, 0.3) is 0 Å². The second-order valence-electron chi connectivity index (χ2n) is 13.2. The van der Waals surface area contributed by atoms with Gasteiger partial charge in [-0.2, -0.15) is 0 Å². The van der Waals surface area contributed by atoms with Gasteiger partial charge in [-0.25, -0.2) is 0 Å². The summed E-state index contributed by atoms with van der Waals surface area (Å²) >= 11 is 0. The molecule has 0 heterocycles. The van der Waals surface area contributed by atoms with E-state index in [-0.39, 0.29) is 12.1 Å². The van der Waals surface area contributed by atoms with Gasteiger partial charge in [-0.05, 0) is 104 Å². The molecular weight excluding hydrogens is 392 g/mol. The van der Waals surface area contributed by atoms with Crippen molar-refractivity contribution in [2.75, 3.05) is 0 Å². The predicted molar refractivity (Wildman–Crippen MR) is 133 cm³/mol. The van der Waals surface area contributed by atoms with E-state index in [0.29, 0.717) is 10.8 Å². The van der Waals surface area contributed by atoms with Crippen molar-refractivity contribution in [3.63, 3.8) is 0 Å². The van der Waals surface area contributed by atoms with Crippen molar-refractivity contribution in [2.24, 2.45) is 46.3 Å². The van der Waals surface area contributed by atoms with E-state index in [1.165, 1.54) is 57.8 Å². The normalized spacial score (nSPS) is 41.0. The summed E-state index contributed by atoms with van der Waals surface area (Å²) < 4.78 is 5.65. The molecule has 0 aromatic carbocycles. The van der Waals surface area contributed by atoms with Gasteiger partial charge in [-0.1, -0.05) is 65.5 Å². The second-order valence-corrected chi connectivity index (χ2v) is 13.2. The van der Waals surface area contributed by atoms with Crippen LogP contribution in [0.4, 0.5) is 0 Å². The van der Waals surface area contributed by atoms with Crippen molar-refractivity contribution in [2.45, 2.75) is 125 Å². The Morgan fingerprint density at radius 2 is 1.75 bits per heavy atom. The van der Waals surface area contributed by atoms with Gasteiger partial charge in [-0.3, -0.25) is 4.79 Å². The maximum absolute atomic E-state index is 11.5. The van der Waals surface area contributed by atoms with Crippen molar-refractivity contribution >= 4 is 5.97 Å². The van der Waals surface area contributed by atoms with Crippen LogP contribution in [0.15, 0.2) is 11.1 Å². The molecule has 4 aliphatic carbocycles. The Hall–Kier alpha value is -0.790. The minimum absolute atomic E-state index is 0.0976. The molecule has 32 heavy (non-hydrogen) atoms. The van der Waals surface area contributed by atoms with Gasteiger partial charge >= 0.3 is 5.97 Å². The van der Waals surface area contributed by atoms with E-state index in [4.69, 9.17) is 4.74 Å². The first-order chi connectivity index (χ1) is 15.1. The highest BCUT2D eigenvalue weighted by Gasteiger charge is 2.55. The van der Waals surface area contributed by atoms with E-state index in [0.717, 1.165) is 48.3 Å². The molecule has 8 atom stereocenters. The first-order valence-electron chi connectivity index (χ1n) is 14.0. The number of ether oxygens (including phenoxy) is 1. The third kappa shape index (κ3) is 4.22. The Morgan fingerprint density at radius 1 is 1.00 bits per heavy atom. The van der Waals surface area contributed by atoms with Gasteiger partial charge in [-0.15, -0.1) is 0 Å². The minimum Gasteiger partial charge on any atom is -0.463 e. The lowest BCUT2D eigenvalue weighted by molar-refractivity contribution is -0.152. The molecule has 0 amide bonds. The summed E-state index contributed by atoms with van der Waals surface area (Å²) in [6, 6.07) is 0. The molecule has 3 saturated carbocycles. The van der Waals surface area contributed by atoms with Gasteiger partial charge in [0.2, 0.25) is 0 Å². The van der Waals surface area contributed by atoms with E-state index in [2.05, 4.69) is 41.5 Å². The Bertz CT molecular complexity index is 735. The number of esters is 1. The highest BCUT2D eigenvalue weighted by Crippen LogP contribution is 2.66. The van der Waals surface area contributed by atoms with E-state index in [1.807, 2.05) is 11.1 Å². The van der Waals surface area contributed by atoms with Crippen LogP contribution in [0, 0.1) is 46.3 Å². The summed E-state index contributed by atoms with van der Waals surface area (Å²) in [5.74, 6) is 4.81. The summed E-state index contributed by atoms with van der Waals surface area (Å²) in [7, 11) is 0. The standard InChI is InChI=1S/C30H50O2/c1-19(2)20(3)8-9-21(4)26-12-13-27-25-11-10-23-18-24(32-22(5)31)14-16-29(23,6)28(25)15-17-30(26,27)7/h19-21,23-24,26,28H,8-18H2,1-7H3/t20-,21+,23-,24+,26-,28-,29+,30-/m0/s1. The van der Waals surface area contributed by atoms with Crippen LogP contribution in [-0.4, -0.2) is 12.1 Å². The molecule has 0 radical (unpaired) electrons. The van der Waals surface area contributed by atoms with Gasteiger partial charge in [0.05, 0.1) is 0 Å². The van der Waals surface area contributed by atoms with E-state index >= 15 is 0 Å². The minimum atomic E-state index is -0.0976. The third-order valence-electron chi connectivity index (χ3n) is 11.3. The Morgan fingerprint density at radius 3 is 2.44 bits per heavy atom. The summed E-state index contributed by atoms with van der Waals surface area (Å²) in [4.78, 5) is 11.5. The number of hydrogen-bond donors (Lipinski definition) is 0. The average Bonchev–Trinajstić information content (AvgIpc) is 3.08. The first-order valence-corrected chi connectivity index (χ1v) is 14.0. The van der Waals surface area contributed by atoms with Crippen molar-refractivity contribution in [1.29, 1.82) is 0 Å². The van der Waals surface area contributed by atoms with Crippen LogP contribution < -0.4 is 0 Å². The third-order valence-corrected chi connectivity index (χ3v) is 11.3. The molecular formula is C30H50O2. The van der Waals surface area contributed by atoms with Crippen LogP contribution in [0.1, 0.15) is 119 Å². The molecule has 3 fully saturated rings. The lowest BCUT2D eigenvalue weighted by Gasteiger charge is -2.57. The van der Waals surface area contributed by atoms with Gasteiger partial charge in [0.15, 0.2) is 0 Å². The highest BCUT2D eigenvalue weighted by molar-refractivity contribution is 5.66. The molecule has 2 nitrogen and oxygen atoms in total. The Labute approximate surface area is 198 Å². The zero-order valence-corrected chi connectivity index (χ0v) is 22.1. The molecule has 0 aromatic rings. The number of allylic oxidation sites excluding steroid dienone is 2. The van der Waals surface area contributed by atoms with Crippen LogP contribution >= 0.6 is 0 Å². The molecule has 2 heteroatoms. The van der Waals surface area contributed by atoms with E-state index in [1.54, 1.807) is 6.92 Å². The molecule has 4 rings (SSSR count). The van der Waals surface area contributed by atoms with Crippen molar-refractivity contribution in [1.82, 2.24) is 0 Å². The summed E-state index contributed by atoms with van der Waals surface area (Å²) in [5, 5.41) is 0. The second kappa shape index (κ2) is 9.10. The fourth-order valence-corrected chi connectivity index (χ4v) is 8.80. The zero-order valence-electron chi connectivity index (χ0n) is 22.1. The van der Waals surface area contributed by atoms with Crippen molar-refractivity contribution in [3.05, 3.63) is 11.1 Å². The summed E-state index contributed by atoms with van der Waals surface area (Å²) in [5.41, 5.74) is 4.69. The van der Waals surface area contributed by atoms with Gasteiger partial charge < -0.3 is 4.74 Å². The molecule has 0 N–H and O–H groups in total. The van der Waals surface area contributed by atoms with Crippen LogP contribution in [0.2, 0.25) is 0 Å². The summed E-state index contributed by atoms with van der Waals surface area (Å²) in [6.07, 6.45) is 14.6. The van der Waals surface area contributed by atoms with Crippen LogP contribution in [0.5, 0.6) is 0 Å². The summed E-state index contributed by atoms with van der Waals surface area (Å²) in [6.45, 7) is 16.6. The zero-order chi connectivity index (χ0) is 23.3. The van der Waals surface area contributed by atoms with E-state index < -0.39 is 0 Å². The topological polar surface area (TPSA) is 26.3 Å². The van der Waals surface area contributed by atoms with E-state index in [9.17, 15) is 4.79 Å². The highest BCUT2D eigenvalue weighted by atomic mass is 16.5. The lowest BCUT2D eigenvalue weighted by Crippen LogP contribution is -2.48. The van der Waals surface area contributed by atoms with Crippen LogP contribution in [0.3, 0.4) is 0 Å². The predicted octanol–water partition coefficient (Wildman–Crippen LogP) is 8.35. The molecule has 0 bridgehead atoms. The molecule has 0 spiro atoms. The molecule has 182 valence electrons. The maximum Gasteiger partial charge on any atom is 0.302 e. The monoisotopic (exact) mass is 442 g/mol. The van der Waals surface area contributed by atoms with Crippen molar-refractivity contribution in [3.8, 4) is 0 Å². The Balaban J connectivity index is 1.50. The fraction of sp³-hybridized carbons (Fsp3) is 0.900. The van der Waals surface area contributed by atoms with Crippen LogP contribution in [0.25, 0.3) is 0 Å². The number of carbonyl (C=O) groups excluding carboxylic acids is 1. The number of carbonyl (C=O) groups is 1. The molecule has 0 saturated heterocycles. The molecule has 0 unspecified atom stereocenters. The van der Waals surface area contributed by atoms with Crippen LogP contribution in [-0.2, 0) is 9.53 Å². The lowest BCUT2D eigenvalue weighted by atomic mass is 9.48. The molecule has 4 aliphatic rings. The molecule has 0 aliphatic heterocycles. The van der Waals surface area contributed by atoms with Gasteiger partial charge in [0, 0.05) is 6.92 Å². The SMILES string of the molecule is CC(=O)O[C@@H]1CC[C@]2(C)[C@@H](CCC3=C4CC[C@@H]([C@H](C)CC[C@H](C)C(C)C)[C@]4(C)CC[C@@H]32)C1. The number of fused-ring (bicyclic) bond motifs is 4. The quantitative estimate of drug-likeness (QED) is 0.305. The maximum atomic E-state index is 11.5. The fourth-order valence-electron chi connectivity index (χ4n) is 8.80. The smallest absolute Gasteiger partial charge is 0.302 e. The number of hydrogen-bond acceptors (Lipinski definition) is 2. The van der Waals surface area contributed by atoms with Gasteiger partial charge in [0.1, 0.15) is 6.10 Å².